The van der Waals surface area contributed by atoms with Gasteiger partial charge in [-0.25, -0.2) is 8.42 Å². The Morgan fingerprint density at radius 3 is 2.50 bits per heavy atom. The summed E-state index contributed by atoms with van der Waals surface area (Å²) >= 11 is 7.53. The average molecular weight is 356 g/mol. The quantitative estimate of drug-likeness (QED) is 0.754. The second-order valence-corrected chi connectivity index (χ2v) is 8.94. The molecular weight excluding hydrogens is 338 g/mol. The van der Waals surface area contributed by atoms with E-state index in [2.05, 4.69) is 6.07 Å². The Morgan fingerprint density at radius 1 is 1.18 bits per heavy atom. The molecule has 22 heavy (non-hydrogen) atoms. The van der Waals surface area contributed by atoms with E-state index in [1.54, 1.807) is 39.9 Å². The Kier molecular flexibility index (Phi) is 4.88. The van der Waals surface area contributed by atoms with Crippen LogP contribution < -0.4 is 0 Å². The van der Waals surface area contributed by atoms with Gasteiger partial charge in [-0.3, -0.25) is 0 Å². The molecule has 0 saturated heterocycles. The van der Waals surface area contributed by atoms with Crippen molar-refractivity contribution >= 4 is 33.0 Å². The molecule has 118 valence electrons. The second-order valence-electron chi connectivity index (χ2n) is 5.55. The standard InChI is InChI=1S/C16H18ClNO2S2/c17-14-5-3-13(4-6-14)12-22(19,20)18(15-7-8-15)10-9-16-2-1-11-21-16/h1-6,11,15H,7-10,12H2. The molecule has 1 aliphatic carbocycles. The molecule has 0 N–H and O–H groups in total. The number of benzene rings is 1. The topological polar surface area (TPSA) is 37.4 Å². The van der Waals surface area contributed by atoms with Crippen LogP contribution in [0.1, 0.15) is 23.3 Å². The van der Waals surface area contributed by atoms with Crippen LogP contribution in [-0.2, 0) is 22.2 Å². The highest BCUT2D eigenvalue weighted by Gasteiger charge is 2.36. The molecule has 3 rings (SSSR count). The van der Waals surface area contributed by atoms with Crippen LogP contribution in [0, 0.1) is 0 Å². The minimum absolute atomic E-state index is 0.0467. The van der Waals surface area contributed by atoms with Crippen molar-refractivity contribution < 1.29 is 8.42 Å². The van der Waals surface area contributed by atoms with Gasteiger partial charge in [-0.15, -0.1) is 11.3 Å². The third-order valence-corrected chi connectivity index (χ3v) is 6.81. The van der Waals surface area contributed by atoms with Crippen LogP contribution >= 0.6 is 22.9 Å². The summed E-state index contributed by atoms with van der Waals surface area (Å²) in [5.74, 6) is 0.0467. The highest BCUT2D eigenvalue weighted by Crippen LogP contribution is 2.31. The van der Waals surface area contributed by atoms with E-state index >= 15 is 0 Å². The SMILES string of the molecule is O=S(=O)(Cc1ccc(Cl)cc1)N(CCc1cccs1)C1CC1. The fraction of sp³-hybridized carbons (Fsp3) is 0.375. The van der Waals surface area contributed by atoms with Crippen molar-refractivity contribution in [3.05, 3.63) is 57.2 Å². The Balaban J connectivity index is 1.70. The van der Waals surface area contributed by atoms with E-state index in [0.717, 1.165) is 24.8 Å². The van der Waals surface area contributed by atoms with Gasteiger partial charge in [0.05, 0.1) is 5.75 Å². The molecule has 3 nitrogen and oxygen atoms in total. The Labute approximate surface area is 140 Å². The molecule has 0 amide bonds. The zero-order valence-electron chi connectivity index (χ0n) is 12.1. The first-order chi connectivity index (χ1) is 10.5. The molecular formula is C16H18ClNO2S2. The molecule has 0 radical (unpaired) electrons. The maximum absolute atomic E-state index is 12.7. The van der Waals surface area contributed by atoms with Gasteiger partial charge in [-0.2, -0.15) is 4.31 Å². The first kappa shape index (κ1) is 16.0. The summed E-state index contributed by atoms with van der Waals surface area (Å²) in [6.07, 6.45) is 2.74. The van der Waals surface area contributed by atoms with Crippen LogP contribution in [0.25, 0.3) is 0 Å². The molecule has 1 fully saturated rings. The number of thiophene rings is 1. The summed E-state index contributed by atoms with van der Waals surface area (Å²) in [7, 11) is -3.28. The van der Waals surface area contributed by atoms with Gasteiger partial charge < -0.3 is 0 Å². The van der Waals surface area contributed by atoms with Crippen LogP contribution in [-0.4, -0.2) is 25.3 Å². The van der Waals surface area contributed by atoms with Gasteiger partial charge in [0.2, 0.25) is 10.0 Å². The molecule has 0 bridgehead atoms. The number of sulfonamides is 1. The highest BCUT2D eigenvalue weighted by molar-refractivity contribution is 7.88. The third kappa shape index (κ3) is 4.10. The maximum atomic E-state index is 12.7. The molecule has 0 spiro atoms. The van der Waals surface area contributed by atoms with Gasteiger partial charge in [0.15, 0.2) is 0 Å². The fourth-order valence-electron chi connectivity index (χ4n) is 2.46. The van der Waals surface area contributed by atoms with Gasteiger partial charge in [-0.05, 0) is 48.4 Å². The average Bonchev–Trinajstić information content (AvgIpc) is 3.16. The lowest BCUT2D eigenvalue weighted by atomic mass is 10.2. The lowest BCUT2D eigenvalue weighted by Crippen LogP contribution is -2.35. The minimum atomic E-state index is -3.28. The molecule has 1 heterocycles. The molecule has 2 aromatic rings. The molecule has 1 aliphatic rings. The zero-order valence-corrected chi connectivity index (χ0v) is 14.5. The zero-order chi connectivity index (χ0) is 15.6. The lowest BCUT2D eigenvalue weighted by Gasteiger charge is -2.21. The van der Waals surface area contributed by atoms with E-state index in [4.69, 9.17) is 11.6 Å². The summed E-state index contributed by atoms with van der Waals surface area (Å²) in [6.45, 7) is 0.571. The molecule has 0 unspecified atom stereocenters. The second kappa shape index (κ2) is 6.71. The number of nitrogens with zero attached hydrogens (tertiary/aromatic N) is 1. The fourth-order valence-corrected chi connectivity index (χ4v) is 5.10. The Morgan fingerprint density at radius 2 is 1.91 bits per heavy atom. The summed E-state index contributed by atoms with van der Waals surface area (Å²) in [6, 6.07) is 11.3. The van der Waals surface area contributed by atoms with Crippen LogP contribution in [0.2, 0.25) is 5.02 Å². The molecule has 6 heteroatoms. The van der Waals surface area contributed by atoms with Crippen molar-refractivity contribution in [3.63, 3.8) is 0 Å². The van der Waals surface area contributed by atoms with Gasteiger partial charge in [0, 0.05) is 22.5 Å². The predicted molar refractivity (Wildman–Crippen MR) is 91.8 cm³/mol. The van der Waals surface area contributed by atoms with Crippen molar-refractivity contribution in [1.82, 2.24) is 4.31 Å². The van der Waals surface area contributed by atoms with Crippen LogP contribution in [0.4, 0.5) is 0 Å². The number of rotatable bonds is 7. The monoisotopic (exact) mass is 355 g/mol. The highest BCUT2D eigenvalue weighted by atomic mass is 35.5. The number of hydrogen-bond acceptors (Lipinski definition) is 3. The smallest absolute Gasteiger partial charge is 0.212 e. The van der Waals surface area contributed by atoms with Crippen molar-refractivity contribution in [2.75, 3.05) is 6.54 Å². The molecule has 0 aliphatic heterocycles. The van der Waals surface area contributed by atoms with Crippen LogP contribution in [0.3, 0.4) is 0 Å². The minimum Gasteiger partial charge on any atom is -0.212 e. The van der Waals surface area contributed by atoms with E-state index in [-0.39, 0.29) is 11.8 Å². The van der Waals surface area contributed by atoms with Crippen molar-refractivity contribution in [2.24, 2.45) is 0 Å². The number of hydrogen-bond donors (Lipinski definition) is 0. The third-order valence-electron chi connectivity index (χ3n) is 3.73. The van der Waals surface area contributed by atoms with Crippen molar-refractivity contribution in [1.29, 1.82) is 0 Å². The molecule has 1 aromatic carbocycles. The first-order valence-electron chi connectivity index (χ1n) is 7.31. The molecule has 1 aromatic heterocycles. The first-order valence-corrected chi connectivity index (χ1v) is 10.2. The molecule has 1 saturated carbocycles. The van der Waals surface area contributed by atoms with Crippen LogP contribution in [0.5, 0.6) is 0 Å². The van der Waals surface area contributed by atoms with Gasteiger partial charge in [0.1, 0.15) is 0 Å². The summed E-state index contributed by atoms with van der Waals surface area (Å²) in [4.78, 5) is 1.23. The van der Waals surface area contributed by atoms with E-state index < -0.39 is 10.0 Å². The largest absolute Gasteiger partial charge is 0.218 e. The summed E-state index contributed by atoms with van der Waals surface area (Å²) in [5, 5.41) is 2.65. The van der Waals surface area contributed by atoms with E-state index in [1.165, 1.54) is 4.88 Å². The van der Waals surface area contributed by atoms with Gasteiger partial charge in [-0.1, -0.05) is 29.8 Å². The van der Waals surface area contributed by atoms with Gasteiger partial charge >= 0.3 is 0 Å². The Bertz CT molecular complexity index is 707. The normalized spacial score (nSPS) is 15.4. The maximum Gasteiger partial charge on any atom is 0.218 e. The van der Waals surface area contributed by atoms with E-state index in [0.29, 0.717) is 11.6 Å². The van der Waals surface area contributed by atoms with Crippen LogP contribution in [0.15, 0.2) is 41.8 Å². The van der Waals surface area contributed by atoms with E-state index in [1.807, 2.05) is 11.4 Å². The van der Waals surface area contributed by atoms with Crippen molar-refractivity contribution in [3.8, 4) is 0 Å². The van der Waals surface area contributed by atoms with Crippen molar-refractivity contribution in [2.45, 2.75) is 31.1 Å². The molecule has 0 atom stereocenters. The van der Waals surface area contributed by atoms with E-state index in [9.17, 15) is 8.42 Å². The summed E-state index contributed by atoms with van der Waals surface area (Å²) in [5.41, 5.74) is 0.783. The lowest BCUT2D eigenvalue weighted by molar-refractivity contribution is 0.407. The van der Waals surface area contributed by atoms with Gasteiger partial charge in [0.25, 0.3) is 0 Å². The Hall–Kier alpha value is -0.880. The summed E-state index contributed by atoms with van der Waals surface area (Å²) < 4.78 is 27.1. The predicted octanol–water partition coefficient (Wildman–Crippen LogP) is 3.94. The number of halogens is 1.